The second kappa shape index (κ2) is 28.6. The van der Waals surface area contributed by atoms with Crippen LogP contribution >= 0.6 is 23.4 Å². The number of carbonyl (C=O) groups excluding carboxylic acids is 6. The zero-order chi connectivity index (χ0) is 57.7. The van der Waals surface area contributed by atoms with Crippen molar-refractivity contribution in [3.8, 4) is 5.75 Å². The molecular formula is C61H76ClF2N9O7S. The fourth-order valence-corrected chi connectivity index (χ4v) is 12.6. The number of amides is 4. The molecule has 0 saturated carbocycles. The summed E-state index contributed by atoms with van der Waals surface area (Å²) in [5.41, 5.74) is 8.25. The number of nitrogen functional groups attached to an aromatic ring is 1. The van der Waals surface area contributed by atoms with Crippen LogP contribution in [0.2, 0.25) is 5.02 Å². The number of hydrogen-bond acceptors (Lipinski definition) is 13. The molecule has 0 radical (unpaired) electrons. The zero-order valence-corrected chi connectivity index (χ0v) is 48.5. The Balaban J connectivity index is 0.702. The minimum absolute atomic E-state index is 0.0124. The van der Waals surface area contributed by atoms with Crippen LogP contribution in [-0.2, 0) is 14.4 Å². The predicted octanol–water partition coefficient (Wildman–Crippen LogP) is 9.59. The number of rotatable bonds is 24. The van der Waals surface area contributed by atoms with Crippen molar-refractivity contribution >= 4 is 75.1 Å². The van der Waals surface area contributed by atoms with E-state index >= 15 is 0 Å². The van der Waals surface area contributed by atoms with Crippen LogP contribution in [0.15, 0.2) is 77.9 Å². The number of likely N-dealkylation sites (tertiary alicyclic amines) is 2. The number of Topliss-reactive ketones (excluding diaryl/α,β-unsaturated/α-hetero) is 2. The fraction of sp³-hybridized carbons (Fsp3) is 0.508. The van der Waals surface area contributed by atoms with E-state index in [4.69, 9.17) is 27.1 Å². The highest BCUT2D eigenvalue weighted by Crippen LogP contribution is 2.36. The number of carbonyl (C=O) groups is 6. The van der Waals surface area contributed by atoms with Crippen LogP contribution in [-0.4, -0.2) is 148 Å². The molecule has 81 heavy (non-hydrogen) atoms. The Hall–Kier alpha value is -6.28. The van der Waals surface area contributed by atoms with Crippen molar-refractivity contribution in [3.63, 3.8) is 0 Å². The van der Waals surface area contributed by atoms with Crippen molar-refractivity contribution < 1.29 is 42.3 Å². The van der Waals surface area contributed by atoms with E-state index in [2.05, 4.69) is 20.5 Å². The summed E-state index contributed by atoms with van der Waals surface area (Å²) in [5.74, 6) is -2.16. The summed E-state index contributed by atoms with van der Waals surface area (Å²) in [6.07, 6.45) is 10.3. The number of aliphatic imine (C=N–C) groups is 1. The Bertz CT molecular complexity index is 2920. The number of pyridine rings is 1. The number of unbranched alkanes of at least 4 members (excludes halogenated alkanes) is 5. The largest absolute Gasteiger partial charge is 0.482 e. The lowest BCUT2D eigenvalue weighted by Gasteiger charge is -2.38. The molecule has 0 spiro atoms. The summed E-state index contributed by atoms with van der Waals surface area (Å²) in [5, 5.41) is 6.42. The summed E-state index contributed by atoms with van der Waals surface area (Å²) in [4.78, 5) is 98.1. The highest BCUT2D eigenvalue weighted by Gasteiger charge is 2.43. The molecule has 16 nitrogen and oxygen atoms in total. The number of piperidine rings is 1. The Labute approximate surface area is 483 Å². The molecule has 0 bridgehead atoms. The molecule has 4 aromatic rings. The third-order valence-electron chi connectivity index (χ3n) is 16.3. The molecule has 4 aliphatic heterocycles. The van der Waals surface area contributed by atoms with Gasteiger partial charge in [0.25, 0.3) is 11.8 Å². The number of nitrogens with two attached hydrogens (primary N) is 1. The summed E-state index contributed by atoms with van der Waals surface area (Å²) in [6, 6.07) is 16.6. The molecule has 5 heterocycles. The van der Waals surface area contributed by atoms with Crippen molar-refractivity contribution in [2.75, 3.05) is 76.2 Å². The first-order valence-corrected chi connectivity index (χ1v) is 29.9. The molecule has 8 rings (SSSR count). The molecule has 0 aliphatic carbocycles. The van der Waals surface area contributed by atoms with Gasteiger partial charge >= 0.3 is 0 Å². The molecule has 434 valence electrons. The van der Waals surface area contributed by atoms with Crippen LogP contribution in [0.25, 0.3) is 0 Å². The predicted molar refractivity (Wildman–Crippen MR) is 313 cm³/mol. The number of nitrogens with one attached hydrogen (secondary N) is 2. The third kappa shape index (κ3) is 15.6. The number of aromatic nitrogens is 1. The van der Waals surface area contributed by atoms with E-state index in [-0.39, 0.29) is 81.8 Å². The van der Waals surface area contributed by atoms with Gasteiger partial charge in [0.05, 0.1) is 33.3 Å². The van der Waals surface area contributed by atoms with E-state index in [1.54, 1.807) is 48.0 Å². The Kier molecular flexibility index (Phi) is 21.5. The van der Waals surface area contributed by atoms with Gasteiger partial charge in [0.15, 0.2) is 23.2 Å². The molecule has 1 unspecified atom stereocenters. The summed E-state index contributed by atoms with van der Waals surface area (Å²) in [6.45, 7) is 10.4. The molecule has 20 heteroatoms. The molecule has 5 atom stereocenters. The van der Waals surface area contributed by atoms with E-state index < -0.39 is 35.3 Å². The molecule has 4 aliphatic rings. The molecular weight excluding hydrogens is 1080 g/mol. The molecule has 4 amide bonds. The van der Waals surface area contributed by atoms with Gasteiger partial charge < -0.3 is 40.7 Å². The quantitative estimate of drug-likeness (QED) is 0.0342. The van der Waals surface area contributed by atoms with E-state index in [1.807, 2.05) is 47.9 Å². The molecule has 3 aromatic carbocycles. The smallest absolute Gasteiger partial charge is 0.257 e. The van der Waals surface area contributed by atoms with Crippen LogP contribution in [0.3, 0.4) is 0 Å². The minimum Gasteiger partial charge on any atom is -0.482 e. The number of aryl methyl sites for hydroxylation is 1. The van der Waals surface area contributed by atoms with Crippen molar-refractivity contribution in [2.24, 2.45) is 16.8 Å². The molecule has 3 fully saturated rings. The third-order valence-corrected chi connectivity index (χ3v) is 17.8. The maximum absolute atomic E-state index is 14.6. The van der Waals surface area contributed by atoms with Gasteiger partial charge in [0.1, 0.15) is 23.7 Å². The SMILES string of the molecule is CN[C@H](C)C(=O)C[C@@H](C(=O)N1CCC[C@@H]1C1=NC(C(=O)c2ccc(C)cc2)CS1)C1CCN(CCCCCCCCC(=O)N2CCN(C(=O)c3ccc(NC(=O)c4cnc(N)c(O[C@H](C)c5c(F)ccc(Cl)c5F)c4)cc3)CC2)CC1. The monoisotopic (exact) mass is 1150 g/mol. The number of nitrogens with zero attached hydrogens (tertiary/aromatic N) is 6. The second-order valence-corrected chi connectivity index (χ2v) is 23.3. The number of halogens is 3. The summed E-state index contributed by atoms with van der Waals surface area (Å²) in [7, 11) is 1.78. The lowest BCUT2D eigenvalue weighted by atomic mass is 9.79. The number of anilines is 2. The topological polar surface area (TPSA) is 200 Å². The lowest BCUT2D eigenvalue weighted by Crippen LogP contribution is -2.50. The van der Waals surface area contributed by atoms with Gasteiger partial charge in [-0.25, -0.2) is 13.8 Å². The van der Waals surface area contributed by atoms with Crippen LogP contribution in [0, 0.1) is 30.4 Å². The van der Waals surface area contributed by atoms with Crippen molar-refractivity contribution in [3.05, 3.63) is 117 Å². The van der Waals surface area contributed by atoms with Crippen molar-refractivity contribution in [1.82, 2.24) is 29.9 Å². The lowest BCUT2D eigenvalue weighted by molar-refractivity contribution is -0.141. The molecule has 4 N–H and O–H groups in total. The van der Waals surface area contributed by atoms with E-state index in [9.17, 15) is 37.5 Å². The Morgan fingerprint density at radius 2 is 1.48 bits per heavy atom. The normalized spacial score (nSPS) is 19.0. The molecule has 3 saturated heterocycles. The summed E-state index contributed by atoms with van der Waals surface area (Å²) < 4.78 is 34.8. The average molecular weight is 1150 g/mol. The number of hydrogen-bond donors (Lipinski definition) is 3. The highest BCUT2D eigenvalue weighted by atomic mass is 35.5. The number of benzene rings is 3. The Morgan fingerprint density at radius 3 is 2.19 bits per heavy atom. The van der Waals surface area contributed by atoms with Gasteiger partial charge in [-0.05, 0) is 134 Å². The van der Waals surface area contributed by atoms with Gasteiger partial charge in [0, 0.05) is 80.2 Å². The van der Waals surface area contributed by atoms with E-state index in [0.29, 0.717) is 61.7 Å². The maximum Gasteiger partial charge on any atom is 0.257 e. The highest BCUT2D eigenvalue weighted by molar-refractivity contribution is 8.14. The van der Waals surface area contributed by atoms with Gasteiger partial charge in [0.2, 0.25) is 11.8 Å². The zero-order valence-electron chi connectivity index (χ0n) is 46.9. The molecule has 1 aromatic heterocycles. The number of ketones is 2. The fourth-order valence-electron chi connectivity index (χ4n) is 11.3. The maximum atomic E-state index is 14.6. The van der Waals surface area contributed by atoms with Crippen LogP contribution in [0.5, 0.6) is 5.75 Å². The first-order valence-electron chi connectivity index (χ1n) is 28.6. The number of piperazine rings is 1. The number of thioether (sulfide) groups is 1. The minimum atomic E-state index is -1.15. The number of ether oxygens (including phenoxy) is 1. The Morgan fingerprint density at radius 1 is 0.815 bits per heavy atom. The van der Waals surface area contributed by atoms with Crippen LogP contribution in [0.4, 0.5) is 20.3 Å². The van der Waals surface area contributed by atoms with Crippen LogP contribution in [0.1, 0.15) is 139 Å². The standard InChI is InChI=1S/C61H76ClF2N9O7S/c1-38-14-16-42(17-15-38)56(76)49-37-81-59(69-49)50-12-11-27-73(50)61(79)46(35-51(74)39(2)66-4)41-24-28-70(29-25-41)26-10-8-6-5-7-9-13-53(75)71-30-32-72(33-31-71)60(78)43-18-20-45(21-19-43)68-58(77)44-34-52(57(65)67-36-44)80-40(3)54-48(63)23-22-47(62)55(54)64/h14-23,34,36,39-41,46,49-50,66H,5-13,24-33,35,37H2,1-4H3,(H2,65,67)(H,68,77)/t39-,40-,46-,49?,50-/m1/s1. The average Bonchev–Trinajstić information content (AvgIpc) is 4.25. The van der Waals surface area contributed by atoms with Crippen LogP contribution < -0.4 is 21.1 Å². The van der Waals surface area contributed by atoms with Gasteiger partial charge in [-0.3, -0.25) is 33.8 Å². The van der Waals surface area contributed by atoms with Crippen molar-refractivity contribution in [2.45, 2.75) is 122 Å². The van der Waals surface area contributed by atoms with E-state index in [1.165, 1.54) is 19.2 Å². The van der Waals surface area contributed by atoms with Crippen molar-refractivity contribution in [1.29, 1.82) is 0 Å². The van der Waals surface area contributed by atoms with Gasteiger partial charge in [-0.1, -0.05) is 67.1 Å². The van der Waals surface area contributed by atoms with Gasteiger partial charge in [-0.15, -0.1) is 11.8 Å². The summed E-state index contributed by atoms with van der Waals surface area (Å²) >= 11 is 7.44. The first-order chi connectivity index (χ1) is 39.0. The van der Waals surface area contributed by atoms with Gasteiger partial charge in [-0.2, -0.15) is 0 Å². The van der Waals surface area contributed by atoms with E-state index in [0.717, 1.165) is 107 Å². The number of likely N-dealkylation sites (N-methyl/N-ethyl adjacent to an activating group) is 1. The first kappa shape index (κ1) is 60.8. The second-order valence-electron chi connectivity index (χ2n) is 21.9.